The number of aliphatic carboxylic acids is 1. The van der Waals surface area contributed by atoms with Gasteiger partial charge in [0.15, 0.2) is 5.82 Å². The Kier molecular flexibility index (Phi) is 3.30. The van der Waals surface area contributed by atoms with Crippen molar-refractivity contribution in [1.82, 2.24) is 20.2 Å². The van der Waals surface area contributed by atoms with E-state index < -0.39 is 5.97 Å². The highest BCUT2D eigenvalue weighted by molar-refractivity contribution is 9.11. The number of aryl methyl sites for hydroxylation is 1. The summed E-state index contributed by atoms with van der Waals surface area (Å²) in [6.07, 6.45) is 0.00455. The lowest BCUT2D eigenvalue weighted by Gasteiger charge is -1.99. The van der Waals surface area contributed by atoms with Gasteiger partial charge in [0, 0.05) is 0 Å². The highest BCUT2D eigenvalue weighted by Crippen LogP contribution is 2.29. The van der Waals surface area contributed by atoms with E-state index in [-0.39, 0.29) is 13.0 Å². The molecule has 0 saturated heterocycles. The van der Waals surface area contributed by atoms with Gasteiger partial charge in [0.2, 0.25) is 0 Å². The maximum Gasteiger partial charge on any atom is 0.305 e. The average molecular weight is 303 g/mol. The molecular weight excluding hydrogens is 296 g/mol. The summed E-state index contributed by atoms with van der Waals surface area (Å²) in [5.41, 5.74) is 0. The molecule has 0 saturated carbocycles. The minimum Gasteiger partial charge on any atom is -0.481 e. The van der Waals surface area contributed by atoms with E-state index in [1.165, 1.54) is 16.0 Å². The number of nitrogens with zero attached hydrogens (tertiary/aromatic N) is 4. The van der Waals surface area contributed by atoms with Gasteiger partial charge in [0.25, 0.3) is 0 Å². The minimum atomic E-state index is -0.867. The van der Waals surface area contributed by atoms with Gasteiger partial charge >= 0.3 is 5.97 Å². The highest BCUT2D eigenvalue weighted by Gasteiger charge is 2.11. The first-order valence-electron chi connectivity index (χ1n) is 4.40. The molecule has 2 rings (SSSR count). The zero-order valence-electron chi connectivity index (χ0n) is 8.00. The maximum atomic E-state index is 10.5. The minimum absolute atomic E-state index is 0.00455. The lowest BCUT2D eigenvalue weighted by Crippen LogP contribution is -2.07. The molecule has 84 valence electrons. The van der Waals surface area contributed by atoms with Crippen LogP contribution in [0.3, 0.4) is 0 Å². The Morgan fingerprint density at radius 3 is 3.00 bits per heavy atom. The van der Waals surface area contributed by atoms with E-state index in [1.54, 1.807) is 0 Å². The van der Waals surface area contributed by atoms with Crippen molar-refractivity contribution in [2.75, 3.05) is 0 Å². The first kappa shape index (κ1) is 11.2. The van der Waals surface area contributed by atoms with Crippen LogP contribution in [0, 0.1) is 0 Å². The summed E-state index contributed by atoms with van der Waals surface area (Å²) in [6.45, 7) is 0.271. The molecule has 0 aliphatic heterocycles. The van der Waals surface area contributed by atoms with Crippen molar-refractivity contribution in [2.45, 2.75) is 13.0 Å². The van der Waals surface area contributed by atoms with Crippen molar-refractivity contribution >= 4 is 33.2 Å². The monoisotopic (exact) mass is 302 g/mol. The van der Waals surface area contributed by atoms with Gasteiger partial charge in [-0.3, -0.25) is 4.79 Å². The van der Waals surface area contributed by atoms with Crippen LogP contribution in [0.4, 0.5) is 0 Å². The Morgan fingerprint density at radius 1 is 1.56 bits per heavy atom. The lowest BCUT2D eigenvalue weighted by atomic mass is 10.4. The van der Waals surface area contributed by atoms with Crippen LogP contribution in [0.15, 0.2) is 15.9 Å². The lowest BCUT2D eigenvalue weighted by molar-refractivity contribution is -0.137. The summed E-state index contributed by atoms with van der Waals surface area (Å²) in [6, 6.07) is 3.79. The number of hydrogen-bond acceptors (Lipinski definition) is 5. The summed E-state index contributed by atoms with van der Waals surface area (Å²) in [5.74, 6) is -0.272. The zero-order valence-corrected chi connectivity index (χ0v) is 10.4. The second kappa shape index (κ2) is 4.71. The van der Waals surface area contributed by atoms with Gasteiger partial charge in [-0.1, -0.05) is 0 Å². The van der Waals surface area contributed by atoms with Crippen molar-refractivity contribution in [3.05, 3.63) is 15.9 Å². The van der Waals surface area contributed by atoms with Crippen LogP contribution in [0.5, 0.6) is 0 Å². The van der Waals surface area contributed by atoms with Crippen LogP contribution in [0.2, 0.25) is 0 Å². The number of carbonyl (C=O) groups is 1. The number of thiophene rings is 1. The van der Waals surface area contributed by atoms with Gasteiger partial charge in [0.05, 0.1) is 21.6 Å². The zero-order chi connectivity index (χ0) is 11.5. The Bertz CT molecular complexity index is 510. The number of carboxylic acid groups (broad SMARTS) is 1. The molecule has 2 aromatic rings. The van der Waals surface area contributed by atoms with Gasteiger partial charge in [0.1, 0.15) is 0 Å². The predicted molar refractivity (Wildman–Crippen MR) is 61.1 cm³/mol. The molecule has 0 fully saturated rings. The fourth-order valence-corrected chi connectivity index (χ4v) is 2.54. The fourth-order valence-electron chi connectivity index (χ4n) is 1.17. The Hall–Kier alpha value is -1.28. The van der Waals surface area contributed by atoms with Crippen molar-refractivity contribution in [1.29, 1.82) is 0 Å². The second-order valence-electron chi connectivity index (χ2n) is 2.97. The molecule has 0 unspecified atom stereocenters. The molecule has 8 heteroatoms. The Balaban J connectivity index is 2.22. The predicted octanol–water partition coefficient (Wildman–Crippen LogP) is 1.64. The molecular formula is C8H7BrN4O2S. The standard InChI is InChI=1S/C8H7BrN4O2S/c9-6-2-1-5(16-6)8-10-11-12-13(8)4-3-7(14)15/h1-2H,3-4H2,(H,14,15). The number of hydrogen-bond donors (Lipinski definition) is 1. The molecule has 6 nitrogen and oxygen atoms in total. The van der Waals surface area contributed by atoms with E-state index in [2.05, 4.69) is 31.5 Å². The summed E-state index contributed by atoms with van der Waals surface area (Å²) in [7, 11) is 0. The molecule has 0 amide bonds. The van der Waals surface area contributed by atoms with E-state index in [1.807, 2.05) is 12.1 Å². The number of tetrazole rings is 1. The molecule has 0 aliphatic carbocycles. The van der Waals surface area contributed by atoms with E-state index in [0.717, 1.165) is 8.66 Å². The first-order valence-corrected chi connectivity index (χ1v) is 6.01. The van der Waals surface area contributed by atoms with Crippen LogP contribution < -0.4 is 0 Å². The largest absolute Gasteiger partial charge is 0.481 e. The second-order valence-corrected chi connectivity index (χ2v) is 5.44. The molecule has 16 heavy (non-hydrogen) atoms. The van der Waals surface area contributed by atoms with Gasteiger partial charge in [-0.15, -0.1) is 16.4 Å². The van der Waals surface area contributed by atoms with E-state index in [4.69, 9.17) is 5.11 Å². The fraction of sp³-hybridized carbons (Fsp3) is 0.250. The molecule has 0 spiro atoms. The third-order valence-electron chi connectivity index (χ3n) is 1.86. The smallest absolute Gasteiger partial charge is 0.305 e. The van der Waals surface area contributed by atoms with Crippen LogP contribution in [-0.2, 0) is 11.3 Å². The first-order chi connectivity index (χ1) is 7.66. The number of rotatable bonds is 4. The molecule has 0 bridgehead atoms. The van der Waals surface area contributed by atoms with Gasteiger partial charge in [-0.25, -0.2) is 4.68 Å². The number of aromatic nitrogens is 4. The molecule has 0 atom stereocenters. The van der Waals surface area contributed by atoms with E-state index in [9.17, 15) is 4.79 Å². The Morgan fingerprint density at radius 2 is 2.38 bits per heavy atom. The molecule has 1 N–H and O–H groups in total. The quantitative estimate of drug-likeness (QED) is 0.928. The van der Waals surface area contributed by atoms with Crippen LogP contribution in [0.1, 0.15) is 6.42 Å². The van der Waals surface area contributed by atoms with Crippen molar-refractivity contribution in [3.8, 4) is 10.7 Å². The maximum absolute atomic E-state index is 10.5. The van der Waals surface area contributed by atoms with Crippen LogP contribution in [-0.4, -0.2) is 31.3 Å². The summed E-state index contributed by atoms with van der Waals surface area (Å²) >= 11 is 4.85. The summed E-state index contributed by atoms with van der Waals surface area (Å²) in [4.78, 5) is 11.4. The third kappa shape index (κ3) is 2.45. The topological polar surface area (TPSA) is 80.9 Å². The molecule has 0 radical (unpaired) electrons. The third-order valence-corrected chi connectivity index (χ3v) is 3.48. The van der Waals surface area contributed by atoms with Crippen molar-refractivity contribution in [3.63, 3.8) is 0 Å². The number of carboxylic acids is 1. The average Bonchev–Trinajstić information content (AvgIpc) is 2.82. The van der Waals surface area contributed by atoms with Gasteiger partial charge in [-0.05, 0) is 38.5 Å². The molecule has 0 aliphatic rings. The van der Waals surface area contributed by atoms with Crippen LogP contribution >= 0.6 is 27.3 Å². The summed E-state index contributed by atoms with van der Waals surface area (Å²) < 4.78 is 2.47. The molecule has 2 heterocycles. The SMILES string of the molecule is O=C(O)CCn1nnnc1-c1ccc(Br)s1. The normalized spacial score (nSPS) is 10.6. The van der Waals surface area contributed by atoms with Crippen LogP contribution in [0.25, 0.3) is 10.7 Å². The van der Waals surface area contributed by atoms with Crippen molar-refractivity contribution in [2.24, 2.45) is 0 Å². The highest BCUT2D eigenvalue weighted by atomic mass is 79.9. The van der Waals surface area contributed by atoms with Gasteiger partial charge < -0.3 is 5.11 Å². The van der Waals surface area contributed by atoms with E-state index >= 15 is 0 Å². The molecule has 2 aromatic heterocycles. The molecule has 0 aromatic carbocycles. The van der Waals surface area contributed by atoms with Gasteiger partial charge in [-0.2, -0.15) is 0 Å². The van der Waals surface area contributed by atoms with Crippen molar-refractivity contribution < 1.29 is 9.90 Å². The number of halogens is 1. The summed E-state index contributed by atoms with van der Waals surface area (Å²) in [5, 5.41) is 19.8. The Labute approximate surface area is 103 Å². The van der Waals surface area contributed by atoms with E-state index in [0.29, 0.717) is 5.82 Å².